The van der Waals surface area contributed by atoms with Crippen LogP contribution >= 0.6 is 0 Å². The predicted molar refractivity (Wildman–Crippen MR) is 146 cm³/mol. The highest BCUT2D eigenvalue weighted by molar-refractivity contribution is 5.95. The van der Waals surface area contributed by atoms with Gasteiger partial charge in [0.1, 0.15) is 11.6 Å². The highest BCUT2D eigenvalue weighted by atomic mass is 19.1. The number of aromatic nitrogens is 3. The number of carbonyl (C=O) groups is 2. The second kappa shape index (κ2) is 11.0. The summed E-state index contributed by atoms with van der Waals surface area (Å²) in [7, 11) is 3.09. The van der Waals surface area contributed by atoms with E-state index in [0.29, 0.717) is 40.7 Å². The van der Waals surface area contributed by atoms with Gasteiger partial charge in [-0.25, -0.2) is 8.91 Å². The molecule has 0 aliphatic carbocycles. The Kier molecular flexibility index (Phi) is 7.17. The molecule has 2 aromatic heterocycles. The molecule has 0 saturated carbocycles. The van der Waals surface area contributed by atoms with Crippen molar-refractivity contribution in [2.24, 2.45) is 0 Å². The van der Waals surface area contributed by atoms with Gasteiger partial charge in [-0.05, 0) is 65.7 Å². The maximum Gasteiger partial charge on any atom is 0.251 e. The van der Waals surface area contributed by atoms with Gasteiger partial charge in [-0.2, -0.15) is 4.98 Å². The number of carbonyl (C=O) groups excluding carboxylic acids is 2. The van der Waals surface area contributed by atoms with Crippen molar-refractivity contribution in [2.45, 2.75) is 6.54 Å². The van der Waals surface area contributed by atoms with E-state index in [0.717, 1.165) is 16.7 Å². The van der Waals surface area contributed by atoms with Crippen molar-refractivity contribution < 1.29 is 18.7 Å². The minimum absolute atomic E-state index is 0.211. The lowest BCUT2D eigenvalue weighted by molar-refractivity contribution is 0.0947. The van der Waals surface area contributed by atoms with Crippen molar-refractivity contribution in [3.05, 3.63) is 108 Å². The zero-order chi connectivity index (χ0) is 27.4. The second-order valence-corrected chi connectivity index (χ2v) is 8.66. The summed E-state index contributed by atoms with van der Waals surface area (Å²) < 4.78 is 20.1. The summed E-state index contributed by atoms with van der Waals surface area (Å²) in [5, 5.41) is 13.1. The number of hydrogen-bond acceptors (Lipinski definition) is 6. The minimum atomic E-state index is -0.314. The molecule has 2 amide bonds. The van der Waals surface area contributed by atoms with E-state index in [-0.39, 0.29) is 17.6 Å². The van der Waals surface area contributed by atoms with E-state index in [4.69, 9.17) is 4.74 Å². The molecular weight excluding hydrogens is 499 g/mol. The molecule has 196 valence electrons. The molecule has 0 aliphatic rings. The van der Waals surface area contributed by atoms with Gasteiger partial charge in [-0.3, -0.25) is 9.59 Å². The maximum atomic E-state index is 13.1. The number of nitrogens with zero attached hydrogens (tertiary/aromatic N) is 3. The summed E-state index contributed by atoms with van der Waals surface area (Å²) in [6.07, 6.45) is 1.85. The van der Waals surface area contributed by atoms with E-state index in [9.17, 15) is 14.0 Å². The molecule has 5 aromatic rings. The number of pyridine rings is 1. The van der Waals surface area contributed by atoms with Crippen molar-refractivity contribution in [3.63, 3.8) is 0 Å². The highest BCUT2D eigenvalue weighted by Gasteiger charge is 2.12. The zero-order valence-corrected chi connectivity index (χ0v) is 21.2. The van der Waals surface area contributed by atoms with Crippen LogP contribution in [0.3, 0.4) is 0 Å². The molecular formula is C29H25FN6O3. The van der Waals surface area contributed by atoms with Crippen LogP contribution in [-0.4, -0.2) is 40.6 Å². The Bertz CT molecular complexity index is 1650. The Balaban J connectivity index is 1.29. The van der Waals surface area contributed by atoms with Gasteiger partial charge in [-0.15, -0.1) is 5.10 Å². The van der Waals surface area contributed by atoms with Crippen LogP contribution in [0.15, 0.2) is 85.1 Å². The predicted octanol–water partition coefficient (Wildman–Crippen LogP) is 4.58. The topological polar surface area (TPSA) is 110 Å². The molecule has 0 bridgehead atoms. The van der Waals surface area contributed by atoms with Crippen molar-refractivity contribution in [3.8, 4) is 16.9 Å². The summed E-state index contributed by atoms with van der Waals surface area (Å²) in [5.74, 6) is 0.110. The Morgan fingerprint density at radius 3 is 2.33 bits per heavy atom. The number of hydrogen-bond donors (Lipinski definition) is 3. The normalized spacial score (nSPS) is 10.7. The van der Waals surface area contributed by atoms with E-state index >= 15 is 0 Å². The monoisotopic (exact) mass is 524 g/mol. The number of anilines is 2. The first kappa shape index (κ1) is 25.4. The van der Waals surface area contributed by atoms with Crippen molar-refractivity contribution >= 4 is 29.1 Å². The molecule has 0 fully saturated rings. The molecule has 5 rings (SSSR count). The molecule has 9 nitrogen and oxygen atoms in total. The molecule has 0 spiro atoms. The molecule has 0 atom stereocenters. The Morgan fingerprint density at radius 2 is 1.62 bits per heavy atom. The van der Waals surface area contributed by atoms with Crippen LogP contribution in [0, 0.1) is 5.82 Å². The van der Waals surface area contributed by atoms with Crippen molar-refractivity contribution in [1.29, 1.82) is 0 Å². The number of fused-ring (bicyclic) bond motifs is 1. The van der Waals surface area contributed by atoms with Gasteiger partial charge in [0.2, 0.25) is 5.95 Å². The Hall–Kier alpha value is -5.25. The summed E-state index contributed by atoms with van der Waals surface area (Å²) in [6, 6.07) is 22.1. The highest BCUT2D eigenvalue weighted by Crippen LogP contribution is 2.28. The third-order valence-electron chi connectivity index (χ3n) is 6.11. The maximum absolute atomic E-state index is 13.1. The molecule has 3 N–H and O–H groups in total. The van der Waals surface area contributed by atoms with Crippen LogP contribution in [0.1, 0.15) is 26.3 Å². The molecule has 39 heavy (non-hydrogen) atoms. The summed E-state index contributed by atoms with van der Waals surface area (Å²) >= 11 is 0. The van der Waals surface area contributed by atoms with Gasteiger partial charge < -0.3 is 20.7 Å². The summed E-state index contributed by atoms with van der Waals surface area (Å²) in [6.45, 7) is 0.310. The van der Waals surface area contributed by atoms with Gasteiger partial charge >= 0.3 is 0 Å². The zero-order valence-electron chi connectivity index (χ0n) is 21.2. The third kappa shape index (κ3) is 5.69. The van der Waals surface area contributed by atoms with Crippen LogP contribution in [0.4, 0.5) is 16.0 Å². The largest absolute Gasteiger partial charge is 0.495 e. The van der Waals surface area contributed by atoms with Gasteiger partial charge in [0, 0.05) is 36.5 Å². The van der Waals surface area contributed by atoms with Crippen LogP contribution < -0.4 is 20.7 Å². The van der Waals surface area contributed by atoms with Gasteiger partial charge in [0.05, 0.1) is 12.8 Å². The van der Waals surface area contributed by atoms with Crippen LogP contribution in [-0.2, 0) is 6.54 Å². The number of nitrogens with one attached hydrogen (secondary N) is 3. The molecule has 10 heteroatoms. The minimum Gasteiger partial charge on any atom is -0.495 e. The number of methoxy groups -OCH3 is 1. The van der Waals surface area contributed by atoms with E-state index in [1.807, 2.05) is 30.5 Å². The molecule has 3 aromatic carbocycles. The number of amides is 2. The van der Waals surface area contributed by atoms with E-state index in [1.54, 1.807) is 54.0 Å². The van der Waals surface area contributed by atoms with Crippen molar-refractivity contribution in [2.75, 3.05) is 19.5 Å². The number of rotatable bonds is 8. The average molecular weight is 525 g/mol. The van der Waals surface area contributed by atoms with Crippen LogP contribution in [0.5, 0.6) is 5.75 Å². The van der Waals surface area contributed by atoms with Crippen molar-refractivity contribution in [1.82, 2.24) is 25.2 Å². The lowest BCUT2D eigenvalue weighted by Crippen LogP contribution is -2.22. The van der Waals surface area contributed by atoms with Gasteiger partial charge in [-0.1, -0.05) is 24.3 Å². The lowest BCUT2D eigenvalue weighted by Gasteiger charge is -2.10. The van der Waals surface area contributed by atoms with Gasteiger partial charge in [0.25, 0.3) is 11.8 Å². The molecule has 0 saturated heterocycles. The van der Waals surface area contributed by atoms with Crippen LogP contribution in [0.25, 0.3) is 16.8 Å². The Labute approximate surface area is 223 Å². The molecule has 0 radical (unpaired) electrons. The van der Waals surface area contributed by atoms with E-state index < -0.39 is 0 Å². The fourth-order valence-corrected chi connectivity index (χ4v) is 4.01. The standard InChI is InChI=1S/C29H25FN6O3/c1-31-27(37)21-9-13-24(25(15-21)39-2)33-29-34-26-14-10-22(17-36(26)35-29)19-5-7-20(8-6-19)28(38)32-16-18-3-11-23(30)12-4-18/h3-15,17H,16H2,1-2H3,(H,31,37)(H,32,38)(H,33,35). The summed E-state index contributed by atoms with van der Waals surface area (Å²) in [4.78, 5) is 29.0. The van der Waals surface area contributed by atoms with E-state index in [1.165, 1.54) is 19.2 Å². The fourth-order valence-electron chi connectivity index (χ4n) is 4.01. The number of ether oxygens (including phenoxy) is 1. The number of benzene rings is 3. The van der Waals surface area contributed by atoms with Crippen LogP contribution in [0.2, 0.25) is 0 Å². The first-order valence-corrected chi connectivity index (χ1v) is 12.1. The molecule has 2 heterocycles. The SMILES string of the molecule is CNC(=O)c1ccc(Nc2nc3ccc(-c4ccc(C(=O)NCc5ccc(F)cc5)cc4)cn3n2)c(OC)c1. The first-order chi connectivity index (χ1) is 18.9. The number of halogens is 1. The third-order valence-corrected chi connectivity index (χ3v) is 6.11. The molecule has 0 unspecified atom stereocenters. The smallest absolute Gasteiger partial charge is 0.251 e. The van der Waals surface area contributed by atoms with E-state index in [2.05, 4.69) is 26.0 Å². The lowest BCUT2D eigenvalue weighted by atomic mass is 10.1. The summed E-state index contributed by atoms with van der Waals surface area (Å²) in [5.41, 5.74) is 4.87. The molecule has 0 aliphatic heterocycles. The first-order valence-electron chi connectivity index (χ1n) is 12.1. The second-order valence-electron chi connectivity index (χ2n) is 8.66. The fraction of sp³-hybridized carbons (Fsp3) is 0.103. The quantitative estimate of drug-likeness (QED) is 0.274. The Morgan fingerprint density at radius 1 is 0.897 bits per heavy atom. The average Bonchev–Trinajstić information content (AvgIpc) is 3.38. The van der Waals surface area contributed by atoms with Gasteiger partial charge in [0.15, 0.2) is 5.65 Å².